The van der Waals surface area contributed by atoms with E-state index in [-0.39, 0.29) is 5.75 Å². The van der Waals surface area contributed by atoms with E-state index >= 15 is 0 Å². The predicted octanol–water partition coefficient (Wildman–Crippen LogP) is 5.13. The number of aromatic nitrogens is 5. The molecule has 7 nitrogen and oxygen atoms in total. The molecule has 0 saturated heterocycles. The third-order valence-corrected chi connectivity index (χ3v) is 5.22. The fourth-order valence-corrected chi connectivity index (χ4v) is 3.80. The summed E-state index contributed by atoms with van der Waals surface area (Å²) in [6.07, 6.45) is 8.25. The summed E-state index contributed by atoms with van der Waals surface area (Å²) < 4.78 is 5.23. The molecular formula is C23H15N5O2. The van der Waals surface area contributed by atoms with Gasteiger partial charge in [-0.25, -0.2) is 0 Å². The first-order chi connectivity index (χ1) is 14.8. The molecule has 144 valence electrons. The molecule has 7 heteroatoms. The minimum Gasteiger partial charge on any atom is -0.506 e. The van der Waals surface area contributed by atoms with Crippen LogP contribution in [0.4, 0.5) is 0 Å². The van der Waals surface area contributed by atoms with Crippen LogP contribution in [0.3, 0.4) is 0 Å². The van der Waals surface area contributed by atoms with E-state index in [2.05, 4.69) is 31.2 Å². The molecule has 0 spiro atoms. The van der Waals surface area contributed by atoms with Crippen LogP contribution in [0.1, 0.15) is 0 Å². The van der Waals surface area contributed by atoms with Crippen LogP contribution in [-0.4, -0.2) is 30.3 Å². The molecule has 0 aliphatic rings. The summed E-state index contributed by atoms with van der Waals surface area (Å²) in [5, 5.41) is 19.4. The molecule has 0 atom stereocenters. The minimum absolute atomic E-state index is 0.134. The summed E-state index contributed by atoms with van der Waals surface area (Å²) in [6, 6.07) is 13.6. The average Bonchev–Trinajstić information content (AvgIpc) is 3.51. The Morgan fingerprint density at radius 3 is 2.63 bits per heavy atom. The molecule has 0 bridgehead atoms. The van der Waals surface area contributed by atoms with E-state index in [1.165, 1.54) is 6.20 Å². The van der Waals surface area contributed by atoms with Gasteiger partial charge in [-0.05, 0) is 42.0 Å². The highest BCUT2D eigenvalue weighted by Crippen LogP contribution is 2.34. The molecule has 1 aromatic carbocycles. The number of nitrogens with one attached hydrogen (secondary N) is 2. The Morgan fingerprint density at radius 2 is 1.77 bits per heavy atom. The van der Waals surface area contributed by atoms with E-state index < -0.39 is 0 Å². The van der Waals surface area contributed by atoms with Crippen LogP contribution in [-0.2, 0) is 0 Å². The number of aromatic hydroxyl groups is 1. The lowest BCUT2D eigenvalue weighted by Crippen LogP contribution is -1.82. The molecule has 0 aliphatic carbocycles. The van der Waals surface area contributed by atoms with Gasteiger partial charge in [-0.15, -0.1) is 0 Å². The molecule has 0 fully saturated rings. The molecule has 3 N–H and O–H groups in total. The molecule has 0 aliphatic heterocycles. The number of H-pyrrole nitrogens is 2. The van der Waals surface area contributed by atoms with E-state index in [0.29, 0.717) is 0 Å². The van der Waals surface area contributed by atoms with Gasteiger partial charge in [0.1, 0.15) is 11.4 Å². The number of furan rings is 1. The Kier molecular flexibility index (Phi) is 3.48. The second-order valence-electron chi connectivity index (χ2n) is 7.08. The number of fused-ring (bicyclic) bond motifs is 2. The summed E-state index contributed by atoms with van der Waals surface area (Å²) in [7, 11) is 0. The maximum absolute atomic E-state index is 9.77. The maximum Gasteiger partial charge on any atom is 0.134 e. The van der Waals surface area contributed by atoms with Crippen LogP contribution in [0.25, 0.3) is 55.6 Å². The van der Waals surface area contributed by atoms with Gasteiger partial charge in [-0.1, -0.05) is 6.07 Å². The van der Waals surface area contributed by atoms with Gasteiger partial charge >= 0.3 is 0 Å². The van der Waals surface area contributed by atoms with Crippen molar-refractivity contribution in [3.8, 4) is 39.5 Å². The number of aromatic amines is 2. The SMILES string of the molecule is Oc1cncc(-c2ccc3[nH]nc(-c4cc5c(-c6ccoc6)nccc5[nH]4)c3c2)c1. The summed E-state index contributed by atoms with van der Waals surface area (Å²) >= 11 is 0. The summed E-state index contributed by atoms with van der Waals surface area (Å²) in [6.45, 7) is 0. The predicted molar refractivity (Wildman–Crippen MR) is 114 cm³/mol. The van der Waals surface area contributed by atoms with Gasteiger partial charge < -0.3 is 14.5 Å². The van der Waals surface area contributed by atoms with Crippen LogP contribution < -0.4 is 0 Å². The third kappa shape index (κ3) is 2.56. The molecule has 6 rings (SSSR count). The third-order valence-electron chi connectivity index (χ3n) is 5.22. The summed E-state index contributed by atoms with van der Waals surface area (Å²) in [5.41, 5.74) is 7.17. The van der Waals surface area contributed by atoms with Crippen molar-refractivity contribution < 1.29 is 9.52 Å². The quantitative estimate of drug-likeness (QED) is 0.386. The molecule has 0 saturated carbocycles. The topological polar surface area (TPSA) is 104 Å². The van der Waals surface area contributed by atoms with Gasteiger partial charge in [-0.2, -0.15) is 5.10 Å². The van der Waals surface area contributed by atoms with Crippen LogP contribution in [0.5, 0.6) is 5.75 Å². The Hall–Kier alpha value is -4.39. The number of benzene rings is 1. The van der Waals surface area contributed by atoms with Crippen molar-refractivity contribution in [3.05, 3.63) is 73.6 Å². The van der Waals surface area contributed by atoms with Gasteiger partial charge in [0, 0.05) is 39.8 Å². The van der Waals surface area contributed by atoms with E-state index in [4.69, 9.17) is 4.42 Å². The molecule has 0 amide bonds. The van der Waals surface area contributed by atoms with Crippen molar-refractivity contribution in [3.63, 3.8) is 0 Å². The second kappa shape index (κ2) is 6.31. The van der Waals surface area contributed by atoms with E-state index in [9.17, 15) is 5.11 Å². The first-order valence-electron chi connectivity index (χ1n) is 9.39. The molecule has 5 aromatic heterocycles. The fourth-order valence-electron chi connectivity index (χ4n) is 3.80. The Bertz CT molecular complexity index is 1510. The number of pyridine rings is 2. The maximum atomic E-state index is 9.77. The Morgan fingerprint density at radius 1 is 0.833 bits per heavy atom. The van der Waals surface area contributed by atoms with Crippen molar-refractivity contribution in [1.29, 1.82) is 0 Å². The van der Waals surface area contributed by atoms with E-state index in [1.807, 2.05) is 30.3 Å². The van der Waals surface area contributed by atoms with Gasteiger partial charge in [0.2, 0.25) is 0 Å². The molecule has 30 heavy (non-hydrogen) atoms. The van der Waals surface area contributed by atoms with E-state index in [0.717, 1.165) is 55.6 Å². The number of hydrogen-bond donors (Lipinski definition) is 3. The molecule has 0 radical (unpaired) electrons. The molecule has 6 aromatic rings. The average molecular weight is 393 g/mol. The van der Waals surface area contributed by atoms with Crippen LogP contribution in [0.2, 0.25) is 0 Å². The molecule has 0 unspecified atom stereocenters. The van der Waals surface area contributed by atoms with Gasteiger partial charge in [0.25, 0.3) is 0 Å². The lowest BCUT2D eigenvalue weighted by molar-refractivity contribution is 0.473. The van der Waals surface area contributed by atoms with Crippen LogP contribution >= 0.6 is 0 Å². The van der Waals surface area contributed by atoms with Gasteiger partial charge in [0.15, 0.2) is 0 Å². The lowest BCUT2D eigenvalue weighted by Gasteiger charge is -2.02. The van der Waals surface area contributed by atoms with Crippen molar-refractivity contribution >= 4 is 21.8 Å². The van der Waals surface area contributed by atoms with E-state index in [1.54, 1.807) is 31.0 Å². The summed E-state index contributed by atoms with van der Waals surface area (Å²) in [5.74, 6) is 0.134. The van der Waals surface area contributed by atoms with Crippen molar-refractivity contribution in [1.82, 2.24) is 25.1 Å². The minimum atomic E-state index is 0.134. The molecular weight excluding hydrogens is 378 g/mol. The number of hydrogen-bond acceptors (Lipinski definition) is 5. The smallest absolute Gasteiger partial charge is 0.134 e. The highest BCUT2D eigenvalue weighted by molar-refractivity contribution is 6.00. The zero-order chi connectivity index (χ0) is 20.1. The monoisotopic (exact) mass is 393 g/mol. The lowest BCUT2D eigenvalue weighted by atomic mass is 10.0. The zero-order valence-electron chi connectivity index (χ0n) is 15.6. The number of nitrogens with zero attached hydrogens (tertiary/aromatic N) is 3. The van der Waals surface area contributed by atoms with Crippen LogP contribution in [0, 0.1) is 0 Å². The first kappa shape index (κ1) is 16.6. The Labute approximate surface area is 170 Å². The standard InChI is InChI=1S/C23H15N5O2/c29-16-7-15(10-24-11-16)13-1-2-20-17(8-13)23(28-27-20)21-9-18-19(26-21)3-5-25-22(18)14-4-6-30-12-14/h1-12,26,29H,(H,27,28). The second-order valence-corrected chi connectivity index (χ2v) is 7.08. The summed E-state index contributed by atoms with van der Waals surface area (Å²) in [4.78, 5) is 12.1. The highest BCUT2D eigenvalue weighted by atomic mass is 16.3. The van der Waals surface area contributed by atoms with Crippen molar-refractivity contribution in [2.75, 3.05) is 0 Å². The number of rotatable bonds is 3. The van der Waals surface area contributed by atoms with Crippen LogP contribution in [0.15, 0.2) is 78.0 Å². The Balaban J connectivity index is 1.52. The fraction of sp³-hybridized carbons (Fsp3) is 0. The van der Waals surface area contributed by atoms with Gasteiger partial charge in [-0.3, -0.25) is 15.1 Å². The highest BCUT2D eigenvalue weighted by Gasteiger charge is 2.15. The zero-order valence-corrected chi connectivity index (χ0v) is 15.6. The van der Waals surface area contributed by atoms with Crippen molar-refractivity contribution in [2.24, 2.45) is 0 Å². The first-order valence-corrected chi connectivity index (χ1v) is 9.39. The largest absolute Gasteiger partial charge is 0.506 e. The van der Waals surface area contributed by atoms with Crippen molar-refractivity contribution in [2.45, 2.75) is 0 Å². The van der Waals surface area contributed by atoms with Gasteiger partial charge in [0.05, 0.1) is 35.6 Å². The molecule has 5 heterocycles. The normalized spacial score (nSPS) is 11.5.